The highest BCUT2D eigenvalue weighted by Crippen LogP contribution is 2.41. The van der Waals surface area contributed by atoms with Gasteiger partial charge in [-0.05, 0) is 51.2 Å². The van der Waals surface area contributed by atoms with Crippen LogP contribution in [-0.2, 0) is 6.42 Å². The normalized spacial score (nSPS) is 30.4. The van der Waals surface area contributed by atoms with Gasteiger partial charge in [-0.2, -0.15) is 0 Å². The Morgan fingerprint density at radius 3 is 3.05 bits per heavy atom. The van der Waals surface area contributed by atoms with Gasteiger partial charge in [-0.15, -0.1) is 0 Å². The van der Waals surface area contributed by atoms with E-state index in [0.717, 1.165) is 24.6 Å². The van der Waals surface area contributed by atoms with E-state index >= 15 is 0 Å². The van der Waals surface area contributed by atoms with Crippen LogP contribution in [0.25, 0.3) is 0 Å². The van der Waals surface area contributed by atoms with Crippen LogP contribution in [0.3, 0.4) is 0 Å². The van der Waals surface area contributed by atoms with Crippen molar-refractivity contribution in [1.29, 1.82) is 0 Å². The fourth-order valence-electron chi connectivity index (χ4n) is 3.40. The third-order valence-corrected chi connectivity index (χ3v) is 4.95. The minimum Gasteiger partial charge on any atom is -0.469 e. The largest absolute Gasteiger partial charge is 0.469 e. The Morgan fingerprint density at radius 2 is 2.37 bits per heavy atom. The molecule has 0 amide bonds. The molecule has 106 valence electrons. The molecule has 3 nitrogen and oxygen atoms in total. The van der Waals surface area contributed by atoms with Gasteiger partial charge in [0.05, 0.1) is 6.26 Å². The van der Waals surface area contributed by atoms with E-state index in [0.29, 0.717) is 11.6 Å². The first-order chi connectivity index (χ1) is 9.17. The van der Waals surface area contributed by atoms with Gasteiger partial charge in [0.25, 0.3) is 0 Å². The van der Waals surface area contributed by atoms with E-state index in [2.05, 4.69) is 30.1 Å². The van der Waals surface area contributed by atoms with E-state index in [1.54, 1.807) is 6.26 Å². The lowest BCUT2D eigenvalue weighted by Gasteiger charge is -2.44. The summed E-state index contributed by atoms with van der Waals surface area (Å²) in [7, 11) is 0. The highest BCUT2D eigenvalue weighted by Gasteiger charge is 2.44. The Bertz CT molecular complexity index is 399. The smallest absolute Gasteiger partial charge is 0.103 e. The van der Waals surface area contributed by atoms with Crippen molar-refractivity contribution in [3.05, 3.63) is 24.2 Å². The van der Waals surface area contributed by atoms with Crippen molar-refractivity contribution in [3.8, 4) is 0 Å². The minimum atomic E-state index is 0.358. The van der Waals surface area contributed by atoms with Gasteiger partial charge in [-0.1, -0.05) is 0 Å². The first kappa shape index (κ1) is 13.2. The number of hydrogen-bond donors (Lipinski definition) is 1. The van der Waals surface area contributed by atoms with Crippen LogP contribution in [0.2, 0.25) is 0 Å². The minimum absolute atomic E-state index is 0.358. The Kier molecular flexibility index (Phi) is 3.68. The predicted molar refractivity (Wildman–Crippen MR) is 77.2 cm³/mol. The van der Waals surface area contributed by atoms with Crippen molar-refractivity contribution in [1.82, 2.24) is 10.2 Å². The first-order valence-electron chi connectivity index (χ1n) is 7.69. The molecule has 1 N–H and O–H groups in total. The molecule has 0 bridgehead atoms. The number of nitrogens with zero attached hydrogens (tertiary/aromatic N) is 1. The third-order valence-electron chi connectivity index (χ3n) is 4.95. The number of hydrogen-bond acceptors (Lipinski definition) is 3. The maximum absolute atomic E-state index is 5.43. The molecule has 2 heterocycles. The van der Waals surface area contributed by atoms with Gasteiger partial charge in [-0.25, -0.2) is 0 Å². The molecule has 0 radical (unpaired) electrons. The topological polar surface area (TPSA) is 28.4 Å². The molecule has 19 heavy (non-hydrogen) atoms. The maximum atomic E-state index is 5.43. The van der Waals surface area contributed by atoms with Gasteiger partial charge in [0.1, 0.15) is 5.76 Å². The monoisotopic (exact) mass is 262 g/mol. The SMILES string of the molecule is CC(CCc1ccco1)N1CCNC(C)(C2CC2)C1. The van der Waals surface area contributed by atoms with Crippen molar-refractivity contribution in [2.24, 2.45) is 5.92 Å². The van der Waals surface area contributed by atoms with E-state index in [-0.39, 0.29) is 0 Å². The van der Waals surface area contributed by atoms with Crippen LogP contribution >= 0.6 is 0 Å². The van der Waals surface area contributed by atoms with Crippen LogP contribution in [-0.4, -0.2) is 36.1 Å². The molecule has 1 aliphatic carbocycles. The van der Waals surface area contributed by atoms with Crippen molar-refractivity contribution < 1.29 is 4.42 Å². The molecular weight excluding hydrogens is 236 g/mol. The molecule has 3 heteroatoms. The van der Waals surface area contributed by atoms with Gasteiger partial charge in [0.2, 0.25) is 0 Å². The molecule has 0 aromatic carbocycles. The molecule has 1 saturated carbocycles. The van der Waals surface area contributed by atoms with E-state index in [1.165, 1.54) is 32.4 Å². The van der Waals surface area contributed by atoms with Crippen molar-refractivity contribution in [2.45, 2.75) is 51.1 Å². The number of nitrogens with one attached hydrogen (secondary N) is 1. The summed E-state index contributed by atoms with van der Waals surface area (Å²) in [6.07, 6.45) is 6.84. The second-order valence-electron chi connectivity index (χ2n) is 6.56. The molecular formula is C16H26N2O. The molecule has 1 aromatic heterocycles. The molecule has 2 atom stereocenters. The second-order valence-corrected chi connectivity index (χ2v) is 6.56. The van der Waals surface area contributed by atoms with Gasteiger partial charge in [0, 0.05) is 37.6 Å². The summed E-state index contributed by atoms with van der Waals surface area (Å²) in [5.41, 5.74) is 0.358. The molecule has 2 aliphatic rings. The Balaban J connectivity index is 1.52. The van der Waals surface area contributed by atoms with Gasteiger partial charge in [-0.3, -0.25) is 4.90 Å². The second kappa shape index (κ2) is 5.29. The summed E-state index contributed by atoms with van der Waals surface area (Å²) in [6.45, 7) is 8.30. The average molecular weight is 262 g/mol. The fraction of sp³-hybridized carbons (Fsp3) is 0.750. The first-order valence-corrected chi connectivity index (χ1v) is 7.69. The van der Waals surface area contributed by atoms with Crippen LogP contribution < -0.4 is 5.32 Å². The Hall–Kier alpha value is -0.800. The molecule has 2 fully saturated rings. The molecule has 3 rings (SSSR count). The van der Waals surface area contributed by atoms with E-state index in [4.69, 9.17) is 4.42 Å². The van der Waals surface area contributed by atoms with Crippen molar-refractivity contribution in [2.75, 3.05) is 19.6 Å². The van der Waals surface area contributed by atoms with Gasteiger partial charge >= 0.3 is 0 Å². The Morgan fingerprint density at radius 1 is 1.53 bits per heavy atom. The summed E-state index contributed by atoms with van der Waals surface area (Å²) in [4.78, 5) is 2.66. The highest BCUT2D eigenvalue weighted by atomic mass is 16.3. The average Bonchev–Trinajstić information content (AvgIpc) is 3.15. The lowest BCUT2D eigenvalue weighted by atomic mass is 9.91. The zero-order valence-electron chi connectivity index (χ0n) is 12.2. The van der Waals surface area contributed by atoms with Crippen molar-refractivity contribution in [3.63, 3.8) is 0 Å². The molecule has 2 unspecified atom stereocenters. The molecule has 1 saturated heterocycles. The number of furan rings is 1. The number of rotatable bonds is 5. The summed E-state index contributed by atoms with van der Waals surface area (Å²) in [5.74, 6) is 2.03. The van der Waals surface area contributed by atoms with Crippen LogP contribution in [0.1, 0.15) is 38.9 Å². The van der Waals surface area contributed by atoms with E-state index in [9.17, 15) is 0 Å². The summed E-state index contributed by atoms with van der Waals surface area (Å²) >= 11 is 0. The zero-order valence-corrected chi connectivity index (χ0v) is 12.2. The maximum Gasteiger partial charge on any atom is 0.103 e. The van der Waals surface area contributed by atoms with Crippen LogP contribution in [0.5, 0.6) is 0 Å². The summed E-state index contributed by atoms with van der Waals surface area (Å²) in [6, 6.07) is 4.71. The standard InChI is InChI=1S/C16H26N2O/c1-13(5-8-15-4-3-11-19-15)18-10-9-17-16(2,12-18)14-6-7-14/h3-4,11,13-14,17H,5-10,12H2,1-2H3. The zero-order chi connectivity index (χ0) is 13.3. The Labute approximate surface area is 116 Å². The van der Waals surface area contributed by atoms with Crippen LogP contribution in [0, 0.1) is 5.92 Å². The van der Waals surface area contributed by atoms with Gasteiger partial charge < -0.3 is 9.73 Å². The number of piperazine rings is 1. The lowest BCUT2D eigenvalue weighted by molar-refractivity contribution is 0.0906. The number of aryl methyl sites for hydroxylation is 1. The quantitative estimate of drug-likeness (QED) is 0.884. The third kappa shape index (κ3) is 3.03. The summed E-state index contributed by atoms with van der Waals surface area (Å²) in [5, 5.41) is 3.75. The van der Waals surface area contributed by atoms with E-state index < -0.39 is 0 Å². The van der Waals surface area contributed by atoms with Crippen LogP contribution in [0.15, 0.2) is 22.8 Å². The van der Waals surface area contributed by atoms with Gasteiger partial charge in [0.15, 0.2) is 0 Å². The van der Waals surface area contributed by atoms with E-state index in [1.807, 2.05) is 6.07 Å². The van der Waals surface area contributed by atoms with Crippen LogP contribution in [0.4, 0.5) is 0 Å². The van der Waals surface area contributed by atoms with Crippen molar-refractivity contribution >= 4 is 0 Å². The molecule has 0 spiro atoms. The summed E-state index contributed by atoms with van der Waals surface area (Å²) < 4.78 is 5.43. The molecule has 1 aromatic rings. The fourth-order valence-corrected chi connectivity index (χ4v) is 3.40. The lowest BCUT2D eigenvalue weighted by Crippen LogP contribution is -2.61. The predicted octanol–water partition coefficient (Wildman–Crippen LogP) is 2.67. The molecule has 1 aliphatic heterocycles. The highest BCUT2D eigenvalue weighted by molar-refractivity contribution is 5.03.